The molecule has 0 saturated heterocycles. The maximum Gasteiger partial charge on any atom is 0.269 e. The molecule has 2 amide bonds. The second-order valence-corrected chi connectivity index (χ2v) is 9.75. The molecule has 0 spiro atoms. The Kier molecular flexibility index (Phi) is 8.49. The fourth-order valence-electron chi connectivity index (χ4n) is 4.57. The third-order valence-corrected chi connectivity index (χ3v) is 6.62. The number of benzene rings is 1. The largest absolute Gasteiger partial charge is 0.494 e. The van der Waals surface area contributed by atoms with Gasteiger partial charge in [0.1, 0.15) is 5.75 Å². The predicted octanol–water partition coefficient (Wildman–Crippen LogP) is 2.99. The van der Waals surface area contributed by atoms with Crippen molar-refractivity contribution in [3.63, 3.8) is 0 Å². The fourth-order valence-corrected chi connectivity index (χ4v) is 4.57. The van der Waals surface area contributed by atoms with Crippen LogP contribution >= 0.6 is 0 Å². The standard InChI is InChI=1S/C28H35N9O3/c1-7-24(38)31-18-15-19(22(40-6)16-21(18)36(5)14-13-35(3)4)32-28-30-12-11-23(33-28)37-20-10-8-9-17(2)25(20)26(34-37)27(29)39/h7,11-12,15-16H,1-2,8-10,13-14H2,3-6H3,(H2,29,39)(H,31,38)(H,30,32,33). The van der Waals surface area contributed by atoms with Crippen LogP contribution in [0, 0.1) is 0 Å². The first-order valence-electron chi connectivity index (χ1n) is 12.8. The van der Waals surface area contributed by atoms with E-state index >= 15 is 0 Å². The summed E-state index contributed by atoms with van der Waals surface area (Å²) in [6, 6.07) is 5.31. The van der Waals surface area contributed by atoms with Crippen LogP contribution in [0.25, 0.3) is 11.4 Å². The van der Waals surface area contributed by atoms with Crippen LogP contribution in [0.5, 0.6) is 5.75 Å². The maximum atomic E-state index is 12.3. The minimum atomic E-state index is -0.611. The molecular weight excluding hydrogens is 510 g/mol. The molecule has 1 aromatic carbocycles. The Labute approximate surface area is 233 Å². The van der Waals surface area contributed by atoms with Crippen molar-refractivity contribution in [2.24, 2.45) is 5.73 Å². The third-order valence-electron chi connectivity index (χ3n) is 6.62. The van der Waals surface area contributed by atoms with Crippen molar-refractivity contribution in [1.82, 2.24) is 24.6 Å². The number of ether oxygens (including phenoxy) is 1. The monoisotopic (exact) mass is 545 g/mol. The van der Waals surface area contributed by atoms with Crippen molar-refractivity contribution in [3.8, 4) is 11.6 Å². The number of methoxy groups -OCH3 is 1. The number of nitrogens with one attached hydrogen (secondary N) is 2. The van der Waals surface area contributed by atoms with Crippen LogP contribution < -0.4 is 26.0 Å². The number of fused-ring (bicyclic) bond motifs is 1. The number of nitrogens with zero attached hydrogens (tertiary/aromatic N) is 6. The molecule has 4 N–H and O–H groups in total. The van der Waals surface area contributed by atoms with Crippen LogP contribution in [0.3, 0.4) is 0 Å². The average molecular weight is 546 g/mol. The summed E-state index contributed by atoms with van der Waals surface area (Å²) in [4.78, 5) is 37.5. The molecule has 1 aliphatic rings. The number of hydrogen-bond acceptors (Lipinski definition) is 9. The second-order valence-electron chi connectivity index (χ2n) is 9.75. The Hall–Kier alpha value is -4.71. The van der Waals surface area contributed by atoms with Crippen molar-refractivity contribution in [3.05, 3.63) is 60.6 Å². The first-order chi connectivity index (χ1) is 19.1. The van der Waals surface area contributed by atoms with E-state index in [9.17, 15) is 9.59 Å². The smallest absolute Gasteiger partial charge is 0.269 e. The number of carbonyl (C=O) groups excluding carboxylic acids is 2. The van der Waals surface area contributed by atoms with Crippen molar-refractivity contribution in [2.45, 2.75) is 19.3 Å². The number of nitrogens with two attached hydrogens (primary N) is 1. The quantitative estimate of drug-likeness (QED) is 0.310. The molecule has 0 unspecified atom stereocenters. The van der Waals surface area contributed by atoms with Gasteiger partial charge in [0.2, 0.25) is 11.9 Å². The molecule has 3 aromatic rings. The highest BCUT2D eigenvalue weighted by Crippen LogP contribution is 2.38. The highest BCUT2D eigenvalue weighted by molar-refractivity contribution is 6.02. The lowest BCUT2D eigenvalue weighted by molar-refractivity contribution is -0.111. The molecule has 0 saturated carbocycles. The topological polar surface area (TPSA) is 144 Å². The van der Waals surface area contributed by atoms with Crippen molar-refractivity contribution >= 4 is 40.4 Å². The Bertz CT molecular complexity index is 1460. The van der Waals surface area contributed by atoms with Gasteiger partial charge in [-0.2, -0.15) is 10.1 Å². The number of likely N-dealkylation sites (N-methyl/N-ethyl adjacent to an activating group) is 2. The molecule has 0 radical (unpaired) electrons. The molecule has 210 valence electrons. The van der Waals surface area contributed by atoms with Gasteiger partial charge in [0.25, 0.3) is 5.91 Å². The van der Waals surface area contributed by atoms with Crippen LogP contribution in [0.1, 0.15) is 34.6 Å². The maximum absolute atomic E-state index is 12.3. The lowest BCUT2D eigenvalue weighted by Gasteiger charge is -2.26. The molecule has 4 rings (SSSR count). The summed E-state index contributed by atoms with van der Waals surface area (Å²) in [5.41, 5.74) is 10.1. The van der Waals surface area contributed by atoms with Gasteiger partial charge >= 0.3 is 0 Å². The van der Waals surface area contributed by atoms with E-state index < -0.39 is 5.91 Å². The van der Waals surface area contributed by atoms with Crippen LogP contribution in [0.2, 0.25) is 0 Å². The number of amides is 2. The number of aromatic nitrogens is 4. The Balaban J connectivity index is 1.72. The normalized spacial score (nSPS) is 12.6. The molecule has 0 bridgehead atoms. The van der Waals surface area contributed by atoms with E-state index in [1.807, 2.05) is 32.1 Å². The Morgan fingerprint density at radius 3 is 2.65 bits per heavy atom. The van der Waals surface area contributed by atoms with E-state index in [4.69, 9.17) is 10.5 Å². The van der Waals surface area contributed by atoms with Crippen LogP contribution in [-0.2, 0) is 11.2 Å². The molecule has 0 atom stereocenters. The zero-order valence-corrected chi connectivity index (χ0v) is 23.3. The van der Waals surface area contributed by atoms with E-state index in [0.29, 0.717) is 34.9 Å². The van der Waals surface area contributed by atoms with Crippen molar-refractivity contribution in [1.29, 1.82) is 0 Å². The summed E-state index contributed by atoms with van der Waals surface area (Å²) in [5, 5.41) is 10.6. The van der Waals surface area contributed by atoms with E-state index in [1.54, 1.807) is 30.1 Å². The van der Waals surface area contributed by atoms with Crippen LogP contribution in [0.15, 0.2) is 43.6 Å². The molecule has 1 aliphatic carbocycles. The number of primary amides is 1. The van der Waals surface area contributed by atoms with E-state index in [0.717, 1.165) is 42.9 Å². The number of carbonyl (C=O) groups is 2. The molecule has 12 heteroatoms. The first-order valence-corrected chi connectivity index (χ1v) is 12.8. The summed E-state index contributed by atoms with van der Waals surface area (Å²) >= 11 is 0. The first kappa shape index (κ1) is 28.3. The van der Waals surface area contributed by atoms with Crippen molar-refractivity contribution < 1.29 is 14.3 Å². The van der Waals surface area contributed by atoms with E-state index in [1.165, 1.54) is 6.08 Å². The van der Waals surface area contributed by atoms with E-state index in [2.05, 4.69) is 43.8 Å². The number of hydrogen-bond donors (Lipinski definition) is 3. The average Bonchev–Trinajstić information content (AvgIpc) is 3.33. The second kappa shape index (κ2) is 12.0. The number of anilines is 4. The summed E-state index contributed by atoms with van der Waals surface area (Å²) in [6.45, 7) is 9.21. The van der Waals surface area contributed by atoms with Gasteiger partial charge in [-0.05, 0) is 51.1 Å². The van der Waals surface area contributed by atoms with E-state index in [-0.39, 0.29) is 17.5 Å². The van der Waals surface area contributed by atoms with Gasteiger partial charge in [-0.3, -0.25) is 9.59 Å². The van der Waals surface area contributed by atoms with Gasteiger partial charge in [-0.1, -0.05) is 13.2 Å². The molecule has 2 heterocycles. The molecule has 40 heavy (non-hydrogen) atoms. The highest BCUT2D eigenvalue weighted by atomic mass is 16.5. The van der Waals surface area contributed by atoms with Gasteiger partial charge < -0.3 is 30.9 Å². The summed E-state index contributed by atoms with van der Waals surface area (Å²) in [5.74, 6) is 0.313. The molecule has 0 fully saturated rings. The Morgan fingerprint density at radius 2 is 1.98 bits per heavy atom. The molecule has 12 nitrogen and oxygen atoms in total. The van der Waals surface area contributed by atoms with Gasteiger partial charge in [-0.25, -0.2) is 9.67 Å². The third kappa shape index (κ3) is 5.96. The lowest BCUT2D eigenvalue weighted by atomic mass is 9.91. The summed E-state index contributed by atoms with van der Waals surface area (Å²) in [6.07, 6.45) is 5.19. The minimum Gasteiger partial charge on any atom is -0.494 e. The molecule has 2 aromatic heterocycles. The summed E-state index contributed by atoms with van der Waals surface area (Å²) < 4.78 is 7.31. The molecular formula is C28H35N9O3. The zero-order valence-electron chi connectivity index (χ0n) is 23.3. The summed E-state index contributed by atoms with van der Waals surface area (Å²) in [7, 11) is 7.51. The van der Waals surface area contributed by atoms with Crippen LogP contribution in [0.4, 0.5) is 23.0 Å². The predicted molar refractivity (Wildman–Crippen MR) is 157 cm³/mol. The van der Waals surface area contributed by atoms with Crippen molar-refractivity contribution in [2.75, 3.05) is 56.9 Å². The Morgan fingerprint density at radius 1 is 1.20 bits per heavy atom. The van der Waals surface area contributed by atoms with Crippen LogP contribution in [-0.4, -0.2) is 77.8 Å². The molecule has 0 aliphatic heterocycles. The number of rotatable bonds is 11. The number of allylic oxidation sites excluding steroid dienone is 1. The lowest BCUT2D eigenvalue weighted by Crippen LogP contribution is -2.29. The SMILES string of the molecule is C=CC(=O)Nc1cc(Nc2nccc(-n3nc(C(N)=O)c4c3CCCC4=C)n2)c(OC)cc1N(C)CCN(C)C. The van der Waals surface area contributed by atoms with Gasteiger partial charge in [0.05, 0.1) is 29.9 Å². The van der Waals surface area contributed by atoms with Gasteiger partial charge in [0, 0.05) is 44.0 Å². The van der Waals surface area contributed by atoms with Gasteiger partial charge in [0.15, 0.2) is 11.5 Å². The van der Waals surface area contributed by atoms with Gasteiger partial charge in [-0.15, -0.1) is 0 Å². The minimum absolute atomic E-state index is 0.186. The fraction of sp³-hybridized carbons (Fsp3) is 0.321. The zero-order chi connectivity index (χ0) is 29.0. The highest BCUT2D eigenvalue weighted by Gasteiger charge is 2.27.